The van der Waals surface area contributed by atoms with E-state index in [9.17, 15) is 0 Å². The maximum atomic E-state index is 5.94. The summed E-state index contributed by atoms with van der Waals surface area (Å²) in [5.41, 5.74) is 0.385. The number of aliphatic imine (C=N–C) groups is 1. The van der Waals surface area contributed by atoms with Gasteiger partial charge in [-0.05, 0) is 52.1 Å². The van der Waals surface area contributed by atoms with Crippen LogP contribution in [0.4, 0.5) is 0 Å². The zero-order valence-electron chi connectivity index (χ0n) is 15.1. The third kappa shape index (κ3) is 3.22. The second-order valence-electron chi connectivity index (χ2n) is 7.34. The molecule has 1 spiro atoms. The second-order valence-corrected chi connectivity index (χ2v) is 7.34. The van der Waals surface area contributed by atoms with Crippen molar-refractivity contribution in [2.75, 3.05) is 33.3 Å². The van der Waals surface area contributed by atoms with E-state index >= 15 is 0 Å². The van der Waals surface area contributed by atoms with Crippen molar-refractivity contribution in [3.63, 3.8) is 0 Å². The lowest BCUT2D eigenvalue weighted by molar-refractivity contribution is -0.168. The van der Waals surface area contributed by atoms with Crippen LogP contribution >= 0.6 is 0 Å². The number of likely N-dealkylation sites (N-methyl/N-ethyl adjacent to an activating group) is 1. The molecule has 23 heavy (non-hydrogen) atoms. The van der Waals surface area contributed by atoms with Gasteiger partial charge >= 0.3 is 0 Å². The predicted octanol–water partition coefficient (Wildman–Crippen LogP) is 1.98. The Labute approximate surface area is 141 Å². The summed E-state index contributed by atoms with van der Waals surface area (Å²) >= 11 is 0. The van der Waals surface area contributed by atoms with Gasteiger partial charge < -0.3 is 15.4 Å². The molecule has 3 atom stereocenters. The maximum absolute atomic E-state index is 5.94. The molecule has 2 aliphatic carbocycles. The third-order valence-electron chi connectivity index (χ3n) is 6.38. The maximum Gasteiger partial charge on any atom is 0.191 e. The molecule has 1 aliphatic heterocycles. The molecule has 0 bridgehead atoms. The minimum atomic E-state index is 0.385. The van der Waals surface area contributed by atoms with Gasteiger partial charge in [-0.2, -0.15) is 0 Å². The Bertz CT molecular complexity index is 421. The molecule has 0 radical (unpaired) electrons. The van der Waals surface area contributed by atoms with E-state index < -0.39 is 0 Å². The minimum Gasteiger partial charge on any atom is -0.378 e. The van der Waals surface area contributed by atoms with Crippen LogP contribution in [0.25, 0.3) is 0 Å². The third-order valence-corrected chi connectivity index (χ3v) is 6.38. The summed E-state index contributed by atoms with van der Waals surface area (Å²) in [6.45, 7) is 8.60. The molecule has 0 aromatic heterocycles. The van der Waals surface area contributed by atoms with Crippen molar-refractivity contribution in [1.29, 1.82) is 0 Å². The standard InChI is InChI=1S/C18H34N4O/c1-4-22-11-6-8-14(22)13-20-17(19-3)21-15-12-16(23-5-2)18(15)9-7-10-18/h14-16H,4-13H2,1-3H3,(H2,19,20,21). The Kier molecular flexibility index (Phi) is 5.47. The largest absolute Gasteiger partial charge is 0.378 e. The van der Waals surface area contributed by atoms with Crippen LogP contribution in [0.3, 0.4) is 0 Å². The second kappa shape index (κ2) is 7.39. The van der Waals surface area contributed by atoms with Crippen molar-refractivity contribution in [2.45, 2.75) is 70.6 Å². The van der Waals surface area contributed by atoms with Gasteiger partial charge in [0.2, 0.25) is 0 Å². The van der Waals surface area contributed by atoms with Gasteiger partial charge in [-0.1, -0.05) is 13.3 Å². The van der Waals surface area contributed by atoms with Crippen LogP contribution in [-0.2, 0) is 4.74 Å². The quantitative estimate of drug-likeness (QED) is 0.580. The molecule has 0 amide bonds. The van der Waals surface area contributed by atoms with Crippen LogP contribution in [-0.4, -0.2) is 62.3 Å². The first-order valence-corrected chi connectivity index (χ1v) is 9.56. The highest BCUT2D eigenvalue weighted by Crippen LogP contribution is 2.57. The fraction of sp³-hybridized carbons (Fsp3) is 0.944. The van der Waals surface area contributed by atoms with Crippen molar-refractivity contribution < 1.29 is 4.74 Å². The zero-order chi connectivity index (χ0) is 16.3. The minimum absolute atomic E-state index is 0.385. The molecule has 2 saturated carbocycles. The monoisotopic (exact) mass is 322 g/mol. The number of likely N-dealkylation sites (tertiary alicyclic amines) is 1. The summed E-state index contributed by atoms with van der Waals surface area (Å²) in [6.07, 6.45) is 8.17. The number of rotatable bonds is 6. The molecule has 2 N–H and O–H groups in total. The van der Waals surface area contributed by atoms with Crippen LogP contribution in [0.1, 0.15) is 52.4 Å². The average molecular weight is 322 g/mol. The van der Waals surface area contributed by atoms with Crippen molar-refractivity contribution in [3.8, 4) is 0 Å². The summed E-state index contributed by atoms with van der Waals surface area (Å²) in [5.74, 6) is 0.971. The van der Waals surface area contributed by atoms with Crippen LogP contribution in [0.5, 0.6) is 0 Å². The van der Waals surface area contributed by atoms with Crippen molar-refractivity contribution in [1.82, 2.24) is 15.5 Å². The summed E-state index contributed by atoms with van der Waals surface area (Å²) in [7, 11) is 1.88. The lowest BCUT2D eigenvalue weighted by atomic mass is 9.51. The molecule has 3 unspecified atom stereocenters. The van der Waals surface area contributed by atoms with Crippen LogP contribution in [0.2, 0.25) is 0 Å². The van der Waals surface area contributed by atoms with Crippen LogP contribution < -0.4 is 10.6 Å². The predicted molar refractivity (Wildman–Crippen MR) is 94.9 cm³/mol. The number of nitrogens with one attached hydrogen (secondary N) is 2. The summed E-state index contributed by atoms with van der Waals surface area (Å²) in [6, 6.07) is 1.19. The molecular formula is C18H34N4O. The van der Waals surface area contributed by atoms with Crippen molar-refractivity contribution in [3.05, 3.63) is 0 Å². The molecular weight excluding hydrogens is 288 g/mol. The fourth-order valence-electron chi connectivity index (χ4n) is 4.76. The van der Waals surface area contributed by atoms with E-state index in [1.165, 1.54) is 38.6 Å². The normalized spacial score (nSPS) is 33.3. The Morgan fingerprint density at radius 2 is 2.13 bits per heavy atom. The highest BCUT2D eigenvalue weighted by atomic mass is 16.5. The highest BCUT2D eigenvalue weighted by molar-refractivity contribution is 5.80. The van der Waals surface area contributed by atoms with E-state index in [4.69, 9.17) is 4.74 Å². The Morgan fingerprint density at radius 3 is 2.74 bits per heavy atom. The van der Waals surface area contributed by atoms with E-state index in [1.807, 2.05) is 7.05 Å². The zero-order valence-corrected chi connectivity index (χ0v) is 15.1. The summed E-state index contributed by atoms with van der Waals surface area (Å²) in [5, 5.41) is 7.25. The Morgan fingerprint density at radius 1 is 1.30 bits per heavy atom. The van der Waals surface area contributed by atoms with E-state index in [2.05, 4.69) is 34.4 Å². The van der Waals surface area contributed by atoms with Gasteiger partial charge in [-0.15, -0.1) is 0 Å². The lowest BCUT2D eigenvalue weighted by Gasteiger charge is -2.61. The van der Waals surface area contributed by atoms with E-state index in [-0.39, 0.29) is 0 Å². The first kappa shape index (κ1) is 17.0. The fourth-order valence-corrected chi connectivity index (χ4v) is 4.76. The first-order valence-electron chi connectivity index (χ1n) is 9.56. The van der Waals surface area contributed by atoms with Gasteiger partial charge in [-0.25, -0.2) is 0 Å². The van der Waals surface area contributed by atoms with Gasteiger partial charge in [-0.3, -0.25) is 9.89 Å². The Hall–Kier alpha value is -0.810. The molecule has 5 heteroatoms. The number of hydrogen-bond donors (Lipinski definition) is 2. The highest BCUT2D eigenvalue weighted by Gasteiger charge is 2.59. The summed E-state index contributed by atoms with van der Waals surface area (Å²) in [4.78, 5) is 7.02. The number of guanidine groups is 1. The van der Waals surface area contributed by atoms with Gasteiger partial charge in [0.05, 0.1) is 6.10 Å². The van der Waals surface area contributed by atoms with Gasteiger partial charge in [0.1, 0.15) is 0 Å². The van der Waals surface area contributed by atoms with E-state index in [0.717, 1.165) is 32.1 Å². The van der Waals surface area contributed by atoms with E-state index in [0.29, 0.717) is 23.6 Å². The molecule has 0 aromatic carbocycles. The topological polar surface area (TPSA) is 48.9 Å². The smallest absolute Gasteiger partial charge is 0.191 e. The number of nitrogens with zero attached hydrogens (tertiary/aromatic N) is 2. The molecule has 1 saturated heterocycles. The Balaban J connectivity index is 1.48. The van der Waals surface area contributed by atoms with Gasteiger partial charge in [0, 0.05) is 37.7 Å². The van der Waals surface area contributed by atoms with Gasteiger partial charge in [0.25, 0.3) is 0 Å². The first-order chi connectivity index (χ1) is 11.2. The molecule has 3 fully saturated rings. The SMILES string of the molecule is CCOC1CC(NC(=NC)NCC2CCCN2CC)C12CCC2. The molecule has 1 heterocycles. The van der Waals surface area contributed by atoms with Crippen LogP contribution in [0.15, 0.2) is 4.99 Å². The van der Waals surface area contributed by atoms with E-state index in [1.54, 1.807) is 0 Å². The van der Waals surface area contributed by atoms with Gasteiger partial charge in [0.15, 0.2) is 5.96 Å². The lowest BCUT2D eigenvalue weighted by Crippen LogP contribution is -2.68. The molecule has 3 aliphatic rings. The number of ether oxygens (including phenoxy) is 1. The van der Waals surface area contributed by atoms with Crippen LogP contribution in [0, 0.1) is 5.41 Å². The molecule has 0 aromatic rings. The summed E-state index contributed by atoms with van der Waals surface area (Å²) < 4.78 is 5.94. The molecule has 5 nitrogen and oxygen atoms in total. The van der Waals surface area contributed by atoms with Crippen molar-refractivity contribution in [2.24, 2.45) is 10.4 Å². The molecule has 132 valence electrons. The molecule has 3 rings (SSSR count). The van der Waals surface area contributed by atoms with Crippen molar-refractivity contribution >= 4 is 5.96 Å². The average Bonchev–Trinajstić information content (AvgIpc) is 2.95. The number of hydrogen-bond acceptors (Lipinski definition) is 3.